The van der Waals surface area contributed by atoms with Crippen LogP contribution in [0.1, 0.15) is 60.3 Å². The fourth-order valence-corrected chi connectivity index (χ4v) is 5.73. The first-order chi connectivity index (χ1) is 13.4. The van der Waals surface area contributed by atoms with Gasteiger partial charge in [-0.15, -0.1) is 22.7 Å². The van der Waals surface area contributed by atoms with Crippen molar-refractivity contribution >= 4 is 39.5 Å². The van der Waals surface area contributed by atoms with Crippen LogP contribution in [0.3, 0.4) is 0 Å². The van der Waals surface area contributed by atoms with Crippen LogP contribution in [0.4, 0.5) is 5.00 Å². The van der Waals surface area contributed by atoms with Crippen molar-refractivity contribution in [2.45, 2.75) is 39.2 Å². The molecule has 0 radical (unpaired) electrons. The predicted molar refractivity (Wildman–Crippen MR) is 110 cm³/mol. The molecule has 1 aliphatic carbocycles. The number of aromatic nitrogens is 1. The summed E-state index contributed by atoms with van der Waals surface area (Å²) in [4.78, 5) is 33.7. The molecule has 0 saturated carbocycles. The molecule has 1 N–H and O–H groups in total. The summed E-state index contributed by atoms with van der Waals surface area (Å²) in [6.45, 7) is 3.91. The molecule has 3 aromatic heterocycles. The third kappa shape index (κ3) is 3.49. The van der Waals surface area contributed by atoms with Crippen molar-refractivity contribution in [3.8, 4) is 0 Å². The minimum absolute atomic E-state index is 0.0232. The SMILES string of the molecule is Cc1nc2c(s1)C(N(C)C(=O)c1sc(NC(=O)c3ccco3)cc1C)CCC2. The van der Waals surface area contributed by atoms with E-state index < -0.39 is 0 Å². The van der Waals surface area contributed by atoms with Gasteiger partial charge in [0.25, 0.3) is 11.8 Å². The molecule has 0 bridgehead atoms. The van der Waals surface area contributed by atoms with Crippen LogP contribution >= 0.6 is 22.7 Å². The summed E-state index contributed by atoms with van der Waals surface area (Å²) in [6.07, 6.45) is 4.42. The van der Waals surface area contributed by atoms with Gasteiger partial charge >= 0.3 is 0 Å². The van der Waals surface area contributed by atoms with E-state index in [2.05, 4.69) is 10.3 Å². The molecule has 4 rings (SSSR count). The molecular formula is C20H21N3O3S2. The third-order valence-corrected chi connectivity index (χ3v) is 7.16. The Morgan fingerprint density at radius 3 is 2.89 bits per heavy atom. The molecule has 0 fully saturated rings. The summed E-state index contributed by atoms with van der Waals surface area (Å²) in [6, 6.07) is 5.16. The molecule has 28 heavy (non-hydrogen) atoms. The summed E-state index contributed by atoms with van der Waals surface area (Å²) in [5, 5.41) is 4.49. The highest BCUT2D eigenvalue weighted by molar-refractivity contribution is 7.18. The van der Waals surface area contributed by atoms with E-state index in [1.54, 1.807) is 23.5 Å². The normalized spacial score (nSPS) is 15.9. The summed E-state index contributed by atoms with van der Waals surface area (Å²) < 4.78 is 5.12. The van der Waals surface area contributed by atoms with E-state index in [1.807, 2.05) is 31.9 Å². The van der Waals surface area contributed by atoms with Crippen molar-refractivity contribution in [1.82, 2.24) is 9.88 Å². The average Bonchev–Trinajstić information content (AvgIpc) is 3.39. The van der Waals surface area contributed by atoms with Crippen LogP contribution < -0.4 is 5.32 Å². The lowest BCUT2D eigenvalue weighted by Crippen LogP contribution is -2.32. The molecule has 0 spiro atoms. The molecule has 1 atom stereocenters. The fraction of sp³-hybridized carbons (Fsp3) is 0.350. The van der Waals surface area contributed by atoms with Gasteiger partial charge in [-0.05, 0) is 56.9 Å². The third-order valence-electron chi connectivity index (χ3n) is 4.91. The van der Waals surface area contributed by atoms with E-state index in [0.717, 1.165) is 35.5 Å². The lowest BCUT2D eigenvalue weighted by Gasteiger charge is -2.30. The second-order valence-corrected chi connectivity index (χ2v) is 9.21. The Morgan fingerprint density at radius 1 is 1.32 bits per heavy atom. The summed E-state index contributed by atoms with van der Waals surface area (Å²) >= 11 is 2.98. The van der Waals surface area contributed by atoms with Gasteiger partial charge in [0.05, 0.1) is 37.8 Å². The highest BCUT2D eigenvalue weighted by Gasteiger charge is 2.31. The van der Waals surface area contributed by atoms with Gasteiger partial charge in [-0.25, -0.2) is 4.98 Å². The highest BCUT2D eigenvalue weighted by atomic mass is 32.1. The standard InChI is InChI=1S/C20H21N3O3S2/c1-11-10-16(22-19(24)15-8-5-9-26-15)28-17(11)20(25)23(3)14-7-4-6-13-18(14)27-12(2)21-13/h5,8-10,14H,4,6-7H2,1-3H3,(H,22,24). The van der Waals surface area contributed by atoms with E-state index >= 15 is 0 Å². The smallest absolute Gasteiger partial charge is 0.291 e. The zero-order valence-electron chi connectivity index (χ0n) is 15.9. The van der Waals surface area contributed by atoms with Gasteiger partial charge in [0.15, 0.2) is 5.76 Å². The van der Waals surface area contributed by atoms with Crippen LogP contribution in [0.2, 0.25) is 0 Å². The second kappa shape index (κ2) is 7.52. The molecule has 1 unspecified atom stereocenters. The fourth-order valence-electron chi connectivity index (χ4n) is 3.53. The van der Waals surface area contributed by atoms with Gasteiger partial charge < -0.3 is 14.6 Å². The molecule has 6 nitrogen and oxygen atoms in total. The second-order valence-electron chi connectivity index (χ2n) is 6.92. The van der Waals surface area contributed by atoms with Crippen molar-refractivity contribution in [3.63, 3.8) is 0 Å². The molecular weight excluding hydrogens is 394 g/mol. The van der Waals surface area contributed by atoms with Crippen molar-refractivity contribution in [3.05, 3.63) is 56.2 Å². The number of carbonyl (C=O) groups is 2. The van der Waals surface area contributed by atoms with Gasteiger partial charge in [0.2, 0.25) is 0 Å². The van der Waals surface area contributed by atoms with Crippen molar-refractivity contribution in [2.24, 2.45) is 0 Å². The first kappa shape index (κ1) is 18.9. The van der Waals surface area contributed by atoms with Gasteiger partial charge in [0.1, 0.15) is 0 Å². The van der Waals surface area contributed by atoms with E-state index in [4.69, 9.17) is 4.42 Å². The number of furan rings is 1. The van der Waals surface area contributed by atoms with Crippen LogP contribution in [0.5, 0.6) is 0 Å². The number of aryl methyl sites for hydroxylation is 3. The molecule has 3 aromatic rings. The average molecular weight is 416 g/mol. The number of thiophene rings is 1. The van der Waals surface area contributed by atoms with Gasteiger partial charge in [-0.2, -0.15) is 0 Å². The Kier molecular flexibility index (Phi) is 5.07. The number of thiazole rings is 1. The lowest BCUT2D eigenvalue weighted by molar-refractivity contribution is 0.0722. The Hall–Kier alpha value is -2.45. The quantitative estimate of drug-likeness (QED) is 0.663. The molecule has 0 aromatic carbocycles. The minimum atomic E-state index is -0.323. The maximum absolute atomic E-state index is 13.2. The number of rotatable bonds is 4. The minimum Gasteiger partial charge on any atom is -0.459 e. The van der Waals surface area contributed by atoms with Gasteiger partial charge in [0, 0.05) is 7.05 Å². The monoisotopic (exact) mass is 415 g/mol. The topological polar surface area (TPSA) is 75.4 Å². The number of hydrogen-bond acceptors (Lipinski definition) is 6. The van der Waals surface area contributed by atoms with Gasteiger partial charge in [-0.1, -0.05) is 0 Å². The Bertz CT molecular complexity index is 1020. The van der Waals surface area contributed by atoms with Crippen molar-refractivity contribution in [2.75, 3.05) is 12.4 Å². The van der Waals surface area contributed by atoms with E-state index in [9.17, 15) is 9.59 Å². The molecule has 3 heterocycles. The maximum Gasteiger partial charge on any atom is 0.291 e. The number of hydrogen-bond donors (Lipinski definition) is 1. The Morgan fingerprint density at radius 2 is 2.14 bits per heavy atom. The van der Waals surface area contributed by atoms with Crippen molar-refractivity contribution in [1.29, 1.82) is 0 Å². The van der Waals surface area contributed by atoms with Crippen LogP contribution in [-0.4, -0.2) is 28.7 Å². The molecule has 1 aliphatic rings. The van der Waals surface area contributed by atoms with Crippen LogP contribution in [0, 0.1) is 13.8 Å². The maximum atomic E-state index is 13.2. The molecule has 0 saturated heterocycles. The molecule has 8 heteroatoms. The van der Waals surface area contributed by atoms with E-state index in [1.165, 1.54) is 22.5 Å². The van der Waals surface area contributed by atoms with Crippen molar-refractivity contribution < 1.29 is 14.0 Å². The summed E-state index contributed by atoms with van der Waals surface area (Å²) in [7, 11) is 1.86. The Labute approximate surface area is 171 Å². The molecule has 146 valence electrons. The van der Waals surface area contributed by atoms with Crippen LogP contribution in [0.25, 0.3) is 0 Å². The largest absolute Gasteiger partial charge is 0.459 e. The van der Waals surface area contributed by atoms with Crippen LogP contribution in [0.15, 0.2) is 28.9 Å². The molecule has 2 amide bonds. The van der Waals surface area contributed by atoms with E-state index in [0.29, 0.717) is 9.88 Å². The molecule has 0 aliphatic heterocycles. The lowest BCUT2D eigenvalue weighted by atomic mass is 9.97. The number of amides is 2. The first-order valence-electron chi connectivity index (χ1n) is 9.12. The number of carbonyl (C=O) groups excluding carboxylic acids is 2. The predicted octanol–water partition coefficient (Wildman–Crippen LogP) is 4.82. The highest BCUT2D eigenvalue weighted by Crippen LogP contribution is 2.39. The summed E-state index contributed by atoms with van der Waals surface area (Å²) in [5.41, 5.74) is 1.99. The zero-order chi connectivity index (χ0) is 19.8. The van der Waals surface area contributed by atoms with Gasteiger partial charge in [-0.3, -0.25) is 9.59 Å². The van der Waals surface area contributed by atoms with Crippen LogP contribution in [-0.2, 0) is 6.42 Å². The first-order valence-corrected chi connectivity index (χ1v) is 10.8. The zero-order valence-corrected chi connectivity index (χ0v) is 17.6. The Balaban J connectivity index is 1.54. The van der Waals surface area contributed by atoms with E-state index in [-0.39, 0.29) is 23.6 Å². The number of fused-ring (bicyclic) bond motifs is 1. The summed E-state index contributed by atoms with van der Waals surface area (Å²) in [5.74, 6) is -0.105. The number of nitrogens with one attached hydrogen (secondary N) is 1. The number of nitrogens with zero attached hydrogens (tertiary/aromatic N) is 2. The number of anilines is 1.